The predicted octanol–water partition coefficient (Wildman–Crippen LogP) is 2.71. The summed E-state index contributed by atoms with van der Waals surface area (Å²) in [6, 6.07) is 1.27. The lowest BCUT2D eigenvalue weighted by molar-refractivity contribution is -0.384. The normalized spacial score (nSPS) is 10.2. The van der Waals surface area contributed by atoms with E-state index in [9.17, 15) is 10.1 Å². The molecule has 0 saturated heterocycles. The second-order valence-corrected chi connectivity index (χ2v) is 4.51. The van der Waals surface area contributed by atoms with Gasteiger partial charge in [0.1, 0.15) is 0 Å². The Kier molecular flexibility index (Phi) is 3.50. The number of aromatic nitrogens is 2. The molecule has 0 aromatic carbocycles. The molecule has 2 heterocycles. The van der Waals surface area contributed by atoms with Crippen LogP contribution in [0.5, 0.6) is 0 Å². The lowest BCUT2D eigenvalue weighted by atomic mass is 10.4. The van der Waals surface area contributed by atoms with E-state index in [0.717, 1.165) is 4.88 Å². The van der Waals surface area contributed by atoms with Gasteiger partial charge in [-0.3, -0.25) is 15.1 Å². The number of nitro groups is 1. The van der Waals surface area contributed by atoms with E-state index >= 15 is 0 Å². The maximum absolute atomic E-state index is 10.8. The number of rotatable bonds is 4. The lowest BCUT2D eigenvalue weighted by Crippen LogP contribution is -2.03. The van der Waals surface area contributed by atoms with Crippen molar-refractivity contribution in [2.24, 2.45) is 0 Å². The Balaban J connectivity index is 2.17. The zero-order chi connectivity index (χ0) is 12.3. The largest absolute Gasteiger partial charge is 0.359 e. The zero-order valence-corrected chi connectivity index (χ0v) is 10.0. The highest BCUT2D eigenvalue weighted by atomic mass is 35.5. The Morgan fingerprint density at radius 3 is 3.00 bits per heavy atom. The predicted molar refractivity (Wildman–Crippen MR) is 65.3 cm³/mol. The van der Waals surface area contributed by atoms with Crippen LogP contribution in [0.25, 0.3) is 0 Å². The first-order chi connectivity index (χ1) is 8.16. The van der Waals surface area contributed by atoms with E-state index in [1.807, 2.05) is 0 Å². The SMILES string of the molecule is O=[N+]([O-])c1cc(Cl)cnc1NCc1cncs1. The molecule has 0 aliphatic carbocycles. The van der Waals surface area contributed by atoms with Crippen LogP contribution >= 0.6 is 22.9 Å². The molecule has 1 N–H and O–H groups in total. The van der Waals surface area contributed by atoms with Crippen LogP contribution in [0.3, 0.4) is 0 Å². The first kappa shape index (κ1) is 11.7. The van der Waals surface area contributed by atoms with Crippen LogP contribution < -0.4 is 5.32 Å². The molecule has 0 aliphatic heterocycles. The van der Waals surface area contributed by atoms with Gasteiger partial charge in [0.2, 0.25) is 5.82 Å². The van der Waals surface area contributed by atoms with E-state index in [1.165, 1.54) is 23.6 Å². The van der Waals surface area contributed by atoms with Gasteiger partial charge in [-0.15, -0.1) is 11.3 Å². The average molecular weight is 271 g/mol. The summed E-state index contributed by atoms with van der Waals surface area (Å²) in [6.07, 6.45) is 3.06. The van der Waals surface area contributed by atoms with Gasteiger partial charge in [-0.1, -0.05) is 11.6 Å². The maximum Gasteiger partial charge on any atom is 0.312 e. The van der Waals surface area contributed by atoms with Crippen molar-refractivity contribution in [2.45, 2.75) is 6.54 Å². The molecule has 8 heteroatoms. The van der Waals surface area contributed by atoms with E-state index in [4.69, 9.17) is 11.6 Å². The summed E-state index contributed by atoms with van der Waals surface area (Å²) >= 11 is 7.12. The van der Waals surface area contributed by atoms with Gasteiger partial charge in [-0.2, -0.15) is 0 Å². The molecular weight excluding hydrogens is 264 g/mol. The third-order valence-corrected chi connectivity index (χ3v) is 2.93. The van der Waals surface area contributed by atoms with Gasteiger partial charge in [-0.05, 0) is 0 Å². The summed E-state index contributed by atoms with van der Waals surface area (Å²) in [5.41, 5.74) is 1.56. The molecule has 0 bridgehead atoms. The van der Waals surface area contributed by atoms with Crippen molar-refractivity contribution in [3.63, 3.8) is 0 Å². The molecule has 0 aliphatic rings. The number of hydrogen-bond donors (Lipinski definition) is 1. The number of thiazole rings is 1. The van der Waals surface area contributed by atoms with Gasteiger partial charge in [0.15, 0.2) is 0 Å². The highest BCUT2D eigenvalue weighted by molar-refractivity contribution is 7.09. The quantitative estimate of drug-likeness (QED) is 0.682. The minimum absolute atomic E-state index is 0.137. The monoisotopic (exact) mass is 270 g/mol. The number of nitrogens with one attached hydrogen (secondary N) is 1. The van der Waals surface area contributed by atoms with E-state index in [-0.39, 0.29) is 16.5 Å². The van der Waals surface area contributed by atoms with E-state index in [2.05, 4.69) is 15.3 Å². The molecule has 0 saturated carbocycles. The van der Waals surface area contributed by atoms with Crippen LogP contribution in [-0.2, 0) is 6.54 Å². The molecule has 0 radical (unpaired) electrons. The molecule has 17 heavy (non-hydrogen) atoms. The molecule has 0 atom stereocenters. The Bertz CT molecular complexity index is 532. The van der Waals surface area contributed by atoms with Crippen LogP contribution in [0, 0.1) is 10.1 Å². The van der Waals surface area contributed by atoms with Gasteiger partial charge in [0, 0.05) is 23.3 Å². The average Bonchev–Trinajstić information content (AvgIpc) is 2.80. The molecule has 0 fully saturated rings. The Morgan fingerprint density at radius 1 is 1.53 bits per heavy atom. The first-order valence-electron chi connectivity index (χ1n) is 4.58. The smallest absolute Gasteiger partial charge is 0.312 e. The van der Waals surface area contributed by atoms with Crippen LogP contribution in [0.1, 0.15) is 4.88 Å². The maximum atomic E-state index is 10.8. The summed E-state index contributed by atoms with van der Waals surface area (Å²) in [4.78, 5) is 19.0. The van der Waals surface area contributed by atoms with Crippen molar-refractivity contribution >= 4 is 34.4 Å². The second-order valence-electron chi connectivity index (χ2n) is 3.10. The van der Waals surface area contributed by atoms with E-state index in [0.29, 0.717) is 6.54 Å². The summed E-state index contributed by atoms with van der Waals surface area (Å²) in [7, 11) is 0. The Labute approximate surface area is 105 Å². The van der Waals surface area contributed by atoms with Crippen molar-refractivity contribution in [1.82, 2.24) is 9.97 Å². The first-order valence-corrected chi connectivity index (χ1v) is 5.84. The summed E-state index contributed by atoms with van der Waals surface area (Å²) in [5.74, 6) is 0.202. The fourth-order valence-electron chi connectivity index (χ4n) is 1.20. The summed E-state index contributed by atoms with van der Waals surface area (Å²) < 4.78 is 0. The topological polar surface area (TPSA) is 81.0 Å². The van der Waals surface area contributed by atoms with Crippen LogP contribution in [-0.4, -0.2) is 14.9 Å². The fourth-order valence-corrected chi connectivity index (χ4v) is 1.89. The Hall–Kier alpha value is -1.73. The van der Waals surface area contributed by atoms with Crippen molar-refractivity contribution < 1.29 is 4.92 Å². The minimum atomic E-state index is -0.520. The minimum Gasteiger partial charge on any atom is -0.359 e. The number of pyridine rings is 1. The Morgan fingerprint density at radius 2 is 2.35 bits per heavy atom. The van der Waals surface area contributed by atoms with E-state index < -0.39 is 4.92 Å². The van der Waals surface area contributed by atoms with Gasteiger partial charge >= 0.3 is 5.69 Å². The van der Waals surface area contributed by atoms with Gasteiger partial charge < -0.3 is 5.32 Å². The molecule has 2 aromatic rings. The number of hydrogen-bond acceptors (Lipinski definition) is 6. The molecule has 0 spiro atoms. The van der Waals surface area contributed by atoms with Crippen molar-refractivity contribution in [1.29, 1.82) is 0 Å². The lowest BCUT2D eigenvalue weighted by Gasteiger charge is -2.04. The number of halogens is 1. The molecule has 0 amide bonds. The van der Waals surface area contributed by atoms with Gasteiger partial charge in [-0.25, -0.2) is 4.98 Å². The van der Waals surface area contributed by atoms with Gasteiger partial charge in [0.25, 0.3) is 0 Å². The molecule has 2 aromatic heterocycles. The van der Waals surface area contributed by atoms with Crippen molar-refractivity contribution in [3.05, 3.63) is 44.0 Å². The summed E-state index contributed by atoms with van der Waals surface area (Å²) in [5, 5.41) is 13.9. The van der Waals surface area contributed by atoms with E-state index in [1.54, 1.807) is 11.7 Å². The second kappa shape index (κ2) is 5.07. The van der Waals surface area contributed by atoms with Crippen molar-refractivity contribution in [3.8, 4) is 0 Å². The van der Waals surface area contributed by atoms with Gasteiger partial charge in [0.05, 0.1) is 22.0 Å². The molecular formula is C9H7ClN4O2S. The highest BCUT2D eigenvalue weighted by Gasteiger charge is 2.15. The fraction of sp³-hybridized carbons (Fsp3) is 0.111. The summed E-state index contributed by atoms with van der Waals surface area (Å²) in [6.45, 7) is 0.445. The third-order valence-electron chi connectivity index (χ3n) is 1.94. The molecule has 88 valence electrons. The standard InChI is InChI=1S/C9H7ClN4O2S/c10-6-1-8(14(15)16)9(12-2-6)13-4-7-3-11-5-17-7/h1-3,5H,4H2,(H,12,13). The zero-order valence-electron chi connectivity index (χ0n) is 8.46. The molecule has 6 nitrogen and oxygen atoms in total. The number of anilines is 1. The van der Waals surface area contributed by atoms with Crippen LogP contribution in [0.15, 0.2) is 24.0 Å². The van der Waals surface area contributed by atoms with Crippen molar-refractivity contribution in [2.75, 3.05) is 5.32 Å². The highest BCUT2D eigenvalue weighted by Crippen LogP contribution is 2.25. The molecule has 0 unspecified atom stereocenters. The number of nitrogens with zero attached hydrogens (tertiary/aromatic N) is 3. The third kappa shape index (κ3) is 2.89. The van der Waals surface area contributed by atoms with Crippen LogP contribution in [0.4, 0.5) is 11.5 Å². The van der Waals surface area contributed by atoms with Crippen LogP contribution in [0.2, 0.25) is 5.02 Å². The molecule has 2 rings (SSSR count).